The summed E-state index contributed by atoms with van der Waals surface area (Å²) < 4.78 is 6.24. The maximum Gasteiger partial charge on any atom is 0.306 e. The Morgan fingerprint density at radius 2 is 2.26 bits per heavy atom. The number of carbonyl (C=O) groups excluding carboxylic acids is 1. The zero-order valence-corrected chi connectivity index (χ0v) is 11.8. The lowest BCUT2D eigenvalue weighted by Gasteiger charge is -2.00. The van der Waals surface area contributed by atoms with Gasteiger partial charge in [-0.2, -0.15) is 0 Å². The number of carbonyl (C=O) groups is 1. The quantitative estimate of drug-likeness (QED) is 0.595. The maximum atomic E-state index is 11.4. The Kier molecular flexibility index (Phi) is 5.10. The predicted octanol–water partition coefficient (Wildman–Crippen LogP) is 3.74. The Morgan fingerprint density at radius 1 is 1.42 bits per heavy atom. The molecule has 0 radical (unpaired) electrons. The van der Waals surface area contributed by atoms with E-state index in [-0.39, 0.29) is 5.97 Å². The van der Waals surface area contributed by atoms with E-state index >= 15 is 0 Å². The summed E-state index contributed by atoms with van der Waals surface area (Å²) >= 11 is 1.70. The average Bonchev–Trinajstić information content (AvgIpc) is 2.81. The molecule has 0 aliphatic heterocycles. The molecule has 0 saturated heterocycles. The topological polar surface area (TPSA) is 39.2 Å². The summed E-state index contributed by atoms with van der Waals surface area (Å²) in [5.41, 5.74) is 1.04. The molecule has 0 N–H and O–H groups in total. The number of hydrogen-bond donors (Lipinski definition) is 0. The van der Waals surface area contributed by atoms with Crippen LogP contribution in [0, 0.1) is 0 Å². The average molecular weight is 275 g/mol. The summed E-state index contributed by atoms with van der Waals surface area (Å²) in [5, 5.41) is 1.09. The van der Waals surface area contributed by atoms with Crippen LogP contribution in [0.25, 0.3) is 10.2 Å². The maximum absolute atomic E-state index is 11.4. The Morgan fingerprint density at radius 3 is 3.05 bits per heavy atom. The molecule has 0 unspecified atom stereocenters. The number of rotatable bonds is 6. The molecule has 3 nitrogen and oxygen atoms in total. The molecule has 100 valence electrons. The van der Waals surface area contributed by atoms with Crippen molar-refractivity contribution in [2.24, 2.45) is 0 Å². The lowest BCUT2D eigenvalue weighted by atomic mass is 10.2. The van der Waals surface area contributed by atoms with Gasteiger partial charge < -0.3 is 4.74 Å². The van der Waals surface area contributed by atoms with Crippen LogP contribution < -0.4 is 0 Å². The van der Waals surface area contributed by atoms with E-state index in [0.29, 0.717) is 13.0 Å². The lowest BCUT2D eigenvalue weighted by molar-refractivity contribution is -0.142. The van der Waals surface area contributed by atoms with E-state index in [4.69, 9.17) is 4.74 Å². The third kappa shape index (κ3) is 4.17. The molecule has 0 amide bonds. The van der Waals surface area contributed by atoms with E-state index in [0.717, 1.165) is 23.4 Å². The van der Waals surface area contributed by atoms with Crippen molar-refractivity contribution >= 4 is 27.5 Å². The number of aromatic nitrogens is 1. The Hall–Kier alpha value is -1.68. The highest BCUT2D eigenvalue weighted by molar-refractivity contribution is 7.18. The second-order valence-corrected chi connectivity index (χ2v) is 5.30. The largest absolute Gasteiger partial charge is 0.461 e. The Balaban J connectivity index is 1.77. The number of thiazole rings is 1. The fourth-order valence-corrected chi connectivity index (χ4v) is 2.73. The lowest BCUT2D eigenvalue weighted by Crippen LogP contribution is -2.04. The van der Waals surface area contributed by atoms with Crippen LogP contribution in [0.15, 0.2) is 36.4 Å². The molecule has 1 heterocycles. The van der Waals surface area contributed by atoms with Gasteiger partial charge in [0.05, 0.1) is 15.2 Å². The standard InChI is InChI=1S/C15H17NO2S/c1-2-3-11-18-15(17)10-6-9-14-16-12-7-4-5-8-13(12)19-14/h2-5,7-8H,6,9-11H2,1H3/b3-2+. The SMILES string of the molecule is C/C=C/COC(=O)CCCc1nc2ccccc2s1. The summed E-state index contributed by atoms with van der Waals surface area (Å²) in [6.45, 7) is 2.28. The summed E-state index contributed by atoms with van der Waals surface area (Å²) in [7, 11) is 0. The van der Waals surface area contributed by atoms with Crippen LogP contribution in [0.3, 0.4) is 0 Å². The van der Waals surface area contributed by atoms with Gasteiger partial charge in [0.1, 0.15) is 6.61 Å². The molecule has 1 aromatic carbocycles. The number of esters is 1. The molecular formula is C15H17NO2S. The third-order valence-corrected chi connectivity index (χ3v) is 3.78. The fraction of sp³-hybridized carbons (Fsp3) is 0.333. The van der Waals surface area contributed by atoms with E-state index in [2.05, 4.69) is 11.1 Å². The molecule has 19 heavy (non-hydrogen) atoms. The summed E-state index contributed by atoms with van der Waals surface area (Å²) in [6.07, 6.45) is 5.76. The van der Waals surface area contributed by atoms with Crippen LogP contribution in [0.5, 0.6) is 0 Å². The molecule has 4 heteroatoms. The van der Waals surface area contributed by atoms with Crippen molar-refractivity contribution in [1.82, 2.24) is 4.98 Å². The molecule has 1 aromatic heterocycles. The smallest absolute Gasteiger partial charge is 0.306 e. The van der Waals surface area contributed by atoms with E-state index < -0.39 is 0 Å². The highest BCUT2D eigenvalue weighted by Crippen LogP contribution is 2.22. The molecule has 2 aromatic rings. The number of para-hydroxylation sites is 1. The molecule has 0 aliphatic carbocycles. The minimum absolute atomic E-state index is 0.140. The van der Waals surface area contributed by atoms with E-state index in [9.17, 15) is 4.79 Å². The van der Waals surface area contributed by atoms with Crippen molar-refractivity contribution in [3.8, 4) is 0 Å². The monoisotopic (exact) mass is 275 g/mol. The van der Waals surface area contributed by atoms with Crippen molar-refractivity contribution in [3.63, 3.8) is 0 Å². The molecule has 0 atom stereocenters. The van der Waals surface area contributed by atoms with Crippen molar-refractivity contribution in [1.29, 1.82) is 0 Å². The van der Waals surface area contributed by atoms with Crippen LogP contribution in [-0.4, -0.2) is 17.6 Å². The number of ether oxygens (including phenoxy) is 1. The number of benzene rings is 1. The van der Waals surface area contributed by atoms with Crippen LogP contribution in [-0.2, 0) is 16.0 Å². The number of nitrogens with zero attached hydrogens (tertiary/aromatic N) is 1. The van der Waals surface area contributed by atoms with Crippen molar-refractivity contribution in [3.05, 3.63) is 41.4 Å². The zero-order chi connectivity index (χ0) is 13.5. The van der Waals surface area contributed by atoms with Gasteiger partial charge in [0.15, 0.2) is 0 Å². The number of allylic oxidation sites excluding steroid dienone is 1. The molecule has 0 fully saturated rings. The van der Waals surface area contributed by atoms with Crippen LogP contribution >= 0.6 is 11.3 Å². The first-order valence-electron chi connectivity index (χ1n) is 6.41. The van der Waals surface area contributed by atoms with E-state index in [1.165, 1.54) is 4.70 Å². The first kappa shape index (κ1) is 13.7. The normalized spacial score (nSPS) is 11.2. The number of fused-ring (bicyclic) bond motifs is 1. The minimum atomic E-state index is -0.140. The fourth-order valence-electron chi connectivity index (χ4n) is 1.72. The van der Waals surface area contributed by atoms with Crippen LogP contribution in [0.1, 0.15) is 24.8 Å². The van der Waals surface area contributed by atoms with Crippen LogP contribution in [0.4, 0.5) is 0 Å². The summed E-state index contributed by atoms with van der Waals surface area (Å²) in [4.78, 5) is 15.9. The van der Waals surface area contributed by atoms with Gasteiger partial charge in [0, 0.05) is 6.42 Å². The number of aryl methyl sites for hydroxylation is 1. The number of hydrogen-bond acceptors (Lipinski definition) is 4. The van der Waals surface area contributed by atoms with Gasteiger partial charge in [-0.1, -0.05) is 24.3 Å². The molecule has 0 bridgehead atoms. The van der Waals surface area contributed by atoms with Crippen molar-refractivity contribution in [2.75, 3.05) is 6.61 Å². The van der Waals surface area contributed by atoms with Gasteiger partial charge in [-0.25, -0.2) is 4.98 Å². The second kappa shape index (κ2) is 7.04. The summed E-state index contributed by atoms with van der Waals surface area (Å²) in [5.74, 6) is -0.140. The van der Waals surface area contributed by atoms with Gasteiger partial charge in [-0.15, -0.1) is 11.3 Å². The van der Waals surface area contributed by atoms with Gasteiger partial charge in [0.2, 0.25) is 0 Å². The Bertz CT molecular complexity index is 541. The van der Waals surface area contributed by atoms with Gasteiger partial charge in [-0.3, -0.25) is 4.79 Å². The molecule has 0 spiro atoms. The van der Waals surface area contributed by atoms with E-state index in [1.807, 2.05) is 37.3 Å². The van der Waals surface area contributed by atoms with Crippen molar-refractivity contribution in [2.45, 2.75) is 26.2 Å². The first-order valence-corrected chi connectivity index (χ1v) is 7.22. The zero-order valence-electron chi connectivity index (χ0n) is 11.0. The second-order valence-electron chi connectivity index (χ2n) is 4.18. The molecule has 0 saturated carbocycles. The molecule has 0 aliphatic rings. The highest BCUT2D eigenvalue weighted by atomic mass is 32.1. The third-order valence-electron chi connectivity index (χ3n) is 2.69. The molecule has 2 rings (SSSR count). The van der Waals surface area contributed by atoms with Crippen molar-refractivity contribution < 1.29 is 9.53 Å². The van der Waals surface area contributed by atoms with Gasteiger partial charge >= 0.3 is 5.97 Å². The Labute approximate surface area is 116 Å². The van der Waals surface area contributed by atoms with Gasteiger partial charge in [-0.05, 0) is 31.9 Å². The minimum Gasteiger partial charge on any atom is -0.461 e. The summed E-state index contributed by atoms with van der Waals surface area (Å²) in [6, 6.07) is 8.09. The predicted molar refractivity (Wildman–Crippen MR) is 78.3 cm³/mol. The molecular weight excluding hydrogens is 258 g/mol. The first-order chi connectivity index (χ1) is 9.29. The van der Waals surface area contributed by atoms with Gasteiger partial charge in [0.25, 0.3) is 0 Å². The van der Waals surface area contributed by atoms with E-state index in [1.54, 1.807) is 11.3 Å². The highest BCUT2D eigenvalue weighted by Gasteiger charge is 2.05. The van der Waals surface area contributed by atoms with Crippen LogP contribution in [0.2, 0.25) is 0 Å².